The Morgan fingerprint density at radius 1 is 1.67 bits per heavy atom. The molecule has 0 radical (unpaired) electrons. The molecule has 1 rings (SSSR count). The number of hydrogen-bond donors (Lipinski definition) is 2. The zero-order chi connectivity index (χ0) is 11.5. The molecular formula is C11H19NO2S. The molecule has 1 unspecified atom stereocenters. The van der Waals surface area contributed by atoms with E-state index in [1.165, 1.54) is 11.8 Å². The van der Waals surface area contributed by atoms with Crippen molar-refractivity contribution in [3.8, 4) is 0 Å². The molecule has 4 heteroatoms. The summed E-state index contributed by atoms with van der Waals surface area (Å²) in [5, 5.41) is 12.5. The van der Waals surface area contributed by atoms with Gasteiger partial charge in [-0.2, -0.15) is 0 Å². The molecule has 0 saturated carbocycles. The van der Waals surface area contributed by atoms with E-state index in [1.807, 2.05) is 19.9 Å². The van der Waals surface area contributed by atoms with Crippen LogP contribution in [0.25, 0.3) is 0 Å². The summed E-state index contributed by atoms with van der Waals surface area (Å²) in [5.74, 6) is 0.165. The van der Waals surface area contributed by atoms with Gasteiger partial charge in [0, 0.05) is 13.0 Å². The van der Waals surface area contributed by atoms with E-state index in [2.05, 4.69) is 5.32 Å². The molecule has 0 bridgehead atoms. The van der Waals surface area contributed by atoms with Crippen LogP contribution in [0.4, 0.5) is 4.79 Å². The Hall–Kier alpha value is -0.480. The molecular weight excluding hydrogens is 210 g/mol. The summed E-state index contributed by atoms with van der Waals surface area (Å²) in [4.78, 5) is 12.3. The molecule has 0 aromatic rings. The van der Waals surface area contributed by atoms with Gasteiger partial charge in [-0.1, -0.05) is 6.08 Å². The predicted octanol–water partition coefficient (Wildman–Crippen LogP) is 2.51. The van der Waals surface area contributed by atoms with Crippen LogP contribution in [-0.2, 0) is 0 Å². The lowest BCUT2D eigenvalue weighted by molar-refractivity contribution is 0.0311. The number of hydrogen-bond acceptors (Lipinski definition) is 3. The molecule has 3 nitrogen and oxygen atoms in total. The molecule has 0 fully saturated rings. The van der Waals surface area contributed by atoms with Gasteiger partial charge in [0.2, 0.25) is 0 Å². The van der Waals surface area contributed by atoms with Gasteiger partial charge in [-0.05, 0) is 49.8 Å². The van der Waals surface area contributed by atoms with E-state index in [1.54, 1.807) is 7.05 Å². The first-order valence-corrected chi connectivity index (χ1v) is 6.07. The Labute approximate surface area is 95.3 Å². The standard InChI is InChI=1S/C11H19NO2S/c1-11(2,14)8-5-4-6-9(7-8)15-10(13)12-3/h7-8,14H,4-6H2,1-3H3,(H,12,13). The number of rotatable bonds is 2. The Bertz CT molecular complexity index is 268. The number of nitrogens with one attached hydrogen (secondary N) is 1. The third-order valence-electron chi connectivity index (χ3n) is 2.66. The minimum atomic E-state index is -0.686. The predicted molar refractivity (Wildman–Crippen MR) is 63.8 cm³/mol. The fourth-order valence-electron chi connectivity index (χ4n) is 1.70. The summed E-state index contributed by atoms with van der Waals surface area (Å²) in [7, 11) is 1.63. The van der Waals surface area contributed by atoms with Gasteiger partial charge in [-0.15, -0.1) is 0 Å². The van der Waals surface area contributed by atoms with Gasteiger partial charge in [0.25, 0.3) is 5.24 Å². The van der Waals surface area contributed by atoms with Crippen molar-refractivity contribution in [3.05, 3.63) is 11.0 Å². The van der Waals surface area contributed by atoms with Crippen LogP contribution in [-0.4, -0.2) is 23.0 Å². The van der Waals surface area contributed by atoms with Gasteiger partial charge in [-0.3, -0.25) is 4.79 Å². The maximum absolute atomic E-state index is 11.2. The van der Waals surface area contributed by atoms with Crippen molar-refractivity contribution >= 4 is 17.0 Å². The van der Waals surface area contributed by atoms with E-state index in [-0.39, 0.29) is 11.2 Å². The molecule has 86 valence electrons. The summed E-state index contributed by atoms with van der Waals surface area (Å²) in [5.41, 5.74) is -0.686. The number of amides is 1. The molecule has 0 heterocycles. The van der Waals surface area contributed by atoms with E-state index in [0.717, 1.165) is 24.2 Å². The van der Waals surface area contributed by atoms with Gasteiger partial charge >= 0.3 is 0 Å². The average molecular weight is 229 g/mol. The molecule has 1 aliphatic carbocycles. The highest BCUT2D eigenvalue weighted by molar-refractivity contribution is 8.16. The normalized spacial score (nSPS) is 22.1. The maximum atomic E-state index is 11.2. The van der Waals surface area contributed by atoms with E-state index < -0.39 is 5.60 Å². The van der Waals surface area contributed by atoms with Crippen LogP contribution < -0.4 is 5.32 Å². The van der Waals surface area contributed by atoms with Crippen LogP contribution >= 0.6 is 11.8 Å². The second-order valence-electron chi connectivity index (χ2n) is 4.42. The Balaban J connectivity index is 2.65. The van der Waals surface area contributed by atoms with E-state index in [0.29, 0.717) is 0 Å². The van der Waals surface area contributed by atoms with E-state index in [4.69, 9.17) is 0 Å². The smallest absolute Gasteiger partial charge is 0.283 e. The second kappa shape index (κ2) is 5.03. The van der Waals surface area contributed by atoms with Crippen molar-refractivity contribution in [1.82, 2.24) is 5.32 Å². The van der Waals surface area contributed by atoms with Crippen molar-refractivity contribution in [2.75, 3.05) is 7.05 Å². The highest BCUT2D eigenvalue weighted by atomic mass is 32.2. The van der Waals surface area contributed by atoms with Crippen molar-refractivity contribution in [2.45, 2.75) is 38.7 Å². The summed E-state index contributed by atoms with van der Waals surface area (Å²) in [6.07, 6.45) is 5.04. The van der Waals surface area contributed by atoms with Gasteiger partial charge < -0.3 is 10.4 Å². The number of carbonyl (C=O) groups is 1. The van der Waals surface area contributed by atoms with Crippen LogP contribution in [0.5, 0.6) is 0 Å². The number of carbonyl (C=O) groups excluding carboxylic acids is 1. The lowest BCUT2D eigenvalue weighted by Gasteiger charge is -2.30. The van der Waals surface area contributed by atoms with Crippen LogP contribution in [0.2, 0.25) is 0 Å². The van der Waals surface area contributed by atoms with Crippen molar-refractivity contribution < 1.29 is 9.90 Å². The van der Waals surface area contributed by atoms with Gasteiger partial charge in [0.05, 0.1) is 5.60 Å². The zero-order valence-electron chi connectivity index (χ0n) is 9.54. The average Bonchev–Trinajstić information content (AvgIpc) is 2.17. The van der Waals surface area contributed by atoms with E-state index >= 15 is 0 Å². The first-order valence-electron chi connectivity index (χ1n) is 5.26. The molecule has 1 aliphatic rings. The fourth-order valence-corrected chi connectivity index (χ4v) is 2.52. The summed E-state index contributed by atoms with van der Waals surface area (Å²) in [6, 6.07) is 0. The SMILES string of the molecule is CNC(=O)SC1=CC(C(C)(C)O)CCC1. The first-order chi connectivity index (χ1) is 6.93. The van der Waals surface area contributed by atoms with Crippen molar-refractivity contribution in [1.29, 1.82) is 0 Å². The Kier molecular flexibility index (Phi) is 4.22. The molecule has 0 saturated heterocycles. The largest absolute Gasteiger partial charge is 0.390 e. The highest BCUT2D eigenvalue weighted by Crippen LogP contribution is 2.35. The van der Waals surface area contributed by atoms with Gasteiger partial charge in [0.15, 0.2) is 0 Å². The summed E-state index contributed by atoms with van der Waals surface area (Å²) < 4.78 is 0. The van der Waals surface area contributed by atoms with Crippen LogP contribution in [0, 0.1) is 5.92 Å². The molecule has 0 spiro atoms. The molecule has 2 N–H and O–H groups in total. The van der Waals surface area contributed by atoms with Crippen LogP contribution in [0.3, 0.4) is 0 Å². The van der Waals surface area contributed by atoms with Crippen LogP contribution in [0.1, 0.15) is 33.1 Å². The second-order valence-corrected chi connectivity index (χ2v) is 5.52. The quantitative estimate of drug-likeness (QED) is 0.765. The van der Waals surface area contributed by atoms with E-state index in [9.17, 15) is 9.90 Å². The maximum Gasteiger partial charge on any atom is 0.283 e. The summed E-state index contributed by atoms with van der Waals surface area (Å²) in [6.45, 7) is 3.64. The monoisotopic (exact) mass is 229 g/mol. The minimum Gasteiger partial charge on any atom is -0.390 e. The molecule has 0 aromatic carbocycles. The molecule has 1 amide bonds. The Morgan fingerprint density at radius 3 is 2.87 bits per heavy atom. The lowest BCUT2D eigenvalue weighted by Crippen LogP contribution is -2.31. The third-order valence-corrected chi connectivity index (χ3v) is 3.65. The molecule has 1 atom stereocenters. The molecule has 0 aliphatic heterocycles. The zero-order valence-corrected chi connectivity index (χ0v) is 10.4. The first kappa shape index (κ1) is 12.6. The van der Waals surface area contributed by atoms with Gasteiger partial charge in [-0.25, -0.2) is 0 Å². The topological polar surface area (TPSA) is 49.3 Å². The summed E-state index contributed by atoms with van der Waals surface area (Å²) >= 11 is 1.24. The van der Waals surface area contributed by atoms with Crippen molar-refractivity contribution in [3.63, 3.8) is 0 Å². The number of aliphatic hydroxyl groups is 1. The number of allylic oxidation sites excluding steroid dienone is 1. The third kappa shape index (κ3) is 3.87. The van der Waals surface area contributed by atoms with Crippen molar-refractivity contribution in [2.24, 2.45) is 5.92 Å². The molecule has 0 aromatic heterocycles. The lowest BCUT2D eigenvalue weighted by atomic mass is 9.83. The van der Waals surface area contributed by atoms with Gasteiger partial charge in [0.1, 0.15) is 0 Å². The Morgan fingerprint density at radius 2 is 2.33 bits per heavy atom. The fraction of sp³-hybridized carbons (Fsp3) is 0.727. The molecule has 15 heavy (non-hydrogen) atoms. The van der Waals surface area contributed by atoms with Crippen LogP contribution in [0.15, 0.2) is 11.0 Å². The number of thioether (sulfide) groups is 1. The highest BCUT2D eigenvalue weighted by Gasteiger charge is 2.27. The minimum absolute atomic E-state index is 0.0300.